The van der Waals surface area contributed by atoms with Crippen LogP contribution < -0.4 is 5.32 Å². The second-order valence-corrected chi connectivity index (χ2v) is 9.12. The highest BCUT2D eigenvalue weighted by molar-refractivity contribution is 7.90. The predicted molar refractivity (Wildman–Crippen MR) is 109 cm³/mol. The summed E-state index contributed by atoms with van der Waals surface area (Å²) >= 11 is 6.10. The van der Waals surface area contributed by atoms with E-state index in [0.29, 0.717) is 6.54 Å². The normalized spacial score (nSPS) is 12.8. The number of hydrogen-bond acceptors (Lipinski definition) is 4. The minimum Gasteiger partial charge on any atom is -0.350 e. The monoisotopic (exact) mass is 408 g/mol. The highest BCUT2D eigenvalue weighted by atomic mass is 35.5. The number of aryl methyl sites for hydroxylation is 1. The first-order valence-electron chi connectivity index (χ1n) is 8.66. The third-order valence-corrected chi connectivity index (χ3v) is 5.90. The number of hydrogen-bond donors (Lipinski definition) is 1. The van der Waals surface area contributed by atoms with Crippen LogP contribution in [0.5, 0.6) is 0 Å². The Kier molecular flexibility index (Phi) is 7.03. The lowest BCUT2D eigenvalue weighted by Gasteiger charge is -2.25. The Morgan fingerprint density at radius 3 is 2.30 bits per heavy atom. The van der Waals surface area contributed by atoms with Crippen molar-refractivity contribution in [1.29, 1.82) is 0 Å². The fourth-order valence-electron chi connectivity index (χ4n) is 2.77. The first-order valence-corrected chi connectivity index (χ1v) is 10.9. The molecule has 7 heteroatoms. The summed E-state index contributed by atoms with van der Waals surface area (Å²) in [6, 6.07) is 12.4. The van der Waals surface area contributed by atoms with Gasteiger partial charge in [0.05, 0.1) is 21.5 Å². The van der Waals surface area contributed by atoms with Crippen LogP contribution in [0.25, 0.3) is 0 Å². The maximum Gasteiger partial charge on any atom is 0.252 e. The van der Waals surface area contributed by atoms with Crippen LogP contribution in [0.3, 0.4) is 0 Å². The molecule has 2 rings (SSSR count). The van der Waals surface area contributed by atoms with Crippen LogP contribution in [0.4, 0.5) is 0 Å². The van der Waals surface area contributed by atoms with Gasteiger partial charge in [0.2, 0.25) is 0 Å². The number of amides is 1. The number of carbonyl (C=O) groups excluding carboxylic acids is 1. The third-order valence-electron chi connectivity index (χ3n) is 4.46. The van der Waals surface area contributed by atoms with Crippen molar-refractivity contribution in [3.63, 3.8) is 0 Å². The zero-order chi connectivity index (χ0) is 20.2. The topological polar surface area (TPSA) is 66.5 Å². The van der Waals surface area contributed by atoms with Gasteiger partial charge in [-0.3, -0.25) is 4.79 Å². The number of benzene rings is 2. The van der Waals surface area contributed by atoms with Crippen LogP contribution in [-0.2, 0) is 16.3 Å². The summed E-state index contributed by atoms with van der Waals surface area (Å²) in [5.41, 5.74) is 2.50. The van der Waals surface area contributed by atoms with Gasteiger partial charge in [-0.25, -0.2) is 8.42 Å². The summed E-state index contributed by atoms with van der Waals surface area (Å²) in [5.74, 6) is -0.400. The minimum atomic E-state index is -3.42. The van der Waals surface area contributed by atoms with Crippen molar-refractivity contribution in [3.05, 3.63) is 64.2 Å². The van der Waals surface area contributed by atoms with Crippen molar-refractivity contribution in [2.45, 2.75) is 24.3 Å². The molecule has 2 aromatic carbocycles. The molecule has 27 heavy (non-hydrogen) atoms. The van der Waals surface area contributed by atoms with Crippen molar-refractivity contribution < 1.29 is 13.2 Å². The molecule has 2 aromatic rings. The van der Waals surface area contributed by atoms with Crippen LogP contribution in [0.2, 0.25) is 5.02 Å². The van der Waals surface area contributed by atoms with Crippen molar-refractivity contribution in [1.82, 2.24) is 10.2 Å². The summed E-state index contributed by atoms with van der Waals surface area (Å²) in [5, 5.41) is 3.08. The van der Waals surface area contributed by atoms with Crippen molar-refractivity contribution in [3.8, 4) is 0 Å². The molecule has 0 aliphatic carbocycles. The van der Waals surface area contributed by atoms with Gasteiger partial charge in [0.15, 0.2) is 9.84 Å². The van der Waals surface area contributed by atoms with E-state index < -0.39 is 15.7 Å². The number of halogens is 1. The van der Waals surface area contributed by atoms with E-state index in [1.54, 1.807) is 0 Å². The highest BCUT2D eigenvalue weighted by Gasteiger charge is 2.19. The molecular weight excluding hydrogens is 384 g/mol. The molecule has 0 radical (unpaired) electrons. The predicted octanol–water partition coefficient (Wildman–Crippen LogP) is 3.34. The minimum absolute atomic E-state index is 0.0169. The zero-order valence-corrected chi connectivity index (χ0v) is 17.6. The largest absolute Gasteiger partial charge is 0.350 e. The molecule has 0 aliphatic rings. The van der Waals surface area contributed by atoms with Crippen LogP contribution in [0.1, 0.15) is 34.5 Å². The molecule has 0 aromatic heterocycles. The van der Waals surface area contributed by atoms with Gasteiger partial charge in [0, 0.05) is 12.8 Å². The molecule has 1 atom stereocenters. The highest BCUT2D eigenvalue weighted by Crippen LogP contribution is 2.22. The van der Waals surface area contributed by atoms with E-state index in [4.69, 9.17) is 11.6 Å². The van der Waals surface area contributed by atoms with Gasteiger partial charge in [0.1, 0.15) is 0 Å². The van der Waals surface area contributed by atoms with Gasteiger partial charge in [-0.1, -0.05) is 42.8 Å². The van der Waals surface area contributed by atoms with Crippen LogP contribution in [0.15, 0.2) is 47.4 Å². The molecule has 0 saturated carbocycles. The molecule has 0 spiro atoms. The lowest BCUT2D eigenvalue weighted by atomic mass is 10.0. The lowest BCUT2D eigenvalue weighted by Crippen LogP contribution is -2.34. The SMILES string of the molecule is CCc1ccc(C(CNC(=O)c2cc(S(C)(=O)=O)ccc2Cl)N(C)C)cc1. The van der Waals surface area contributed by atoms with E-state index in [1.807, 2.05) is 19.0 Å². The third kappa shape index (κ3) is 5.54. The molecule has 1 amide bonds. The molecule has 0 aliphatic heterocycles. The number of rotatable bonds is 7. The second kappa shape index (κ2) is 8.87. The molecule has 1 N–H and O–H groups in total. The van der Waals surface area contributed by atoms with E-state index in [0.717, 1.165) is 18.2 Å². The van der Waals surface area contributed by atoms with Crippen LogP contribution in [-0.4, -0.2) is 46.1 Å². The summed E-state index contributed by atoms with van der Waals surface area (Å²) in [7, 11) is 0.476. The molecule has 1 unspecified atom stereocenters. The second-order valence-electron chi connectivity index (χ2n) is 6.70. The van der Waals surface area contributed by atoms with E-state index in [1.165, 1.54) is 23.8 Å². The van der Waals surface area contributed by atoms with Crippen molar-refractivity contribution in [2.75, 3.05) is 26.9 Å². The summed E-state index contributed by atoms with van der Waals surface area (Å²) in [4.78, 5) is 14.7. The Bertz CT molecular complexity index is 909. The molecule has 146 valence electrons. The lowest BCUT2D eigenvalue weighted by molar-refractivity contribution is 0.0942. The number of sulfone groups is 1. The number of nitrogens with zero attached hydrogens (tertiary/aromatic N) is 1. The Balaban J connectivity index is 2.19. The summed E-state index contributed by atoms with van der Waals surface area (Å²) in [6.45, 7) is 2.48. The van der Waals surface area contributed by atoms with Crippen molar-refractivity contribution in [2.24, 2.45) is 0 Å². The van der Waals surface area contributed by atoms with Gasteiger partial charge >= 0.3 is 0 Å². The number of likely N-dealkylation sites (N-methyl/N-ethyl adjacent to an activating group) is 1. The fourth-order valence-corrected chi connectivity index (χ4v) is 3.62. The molecule has 0 heterocycles. The zero-order valence-electron chi connectivity index (χ0n) is 16.0. The standard InChI is InChI=1S/C20H25ClN2O3S/c1-5-14-6-8-15(9-7-14)19(23(2)3)13-22-20(24)17-12-16(27(4,25)26)10-11-18(17)21/h6-12,19H,5,13H2,1-4H3,(H,22,24). The Morgan fingerprint density at radius 2 is 1.78 bits per heavy atom. The first-order chi connectivity index (χ1) is 12.6. The van der Waals surface area contributed by atoms with Gasteiger partial charge in [-0.15, -0.1) is 0 Å². The Labute approximate surface area is 166 Å². The van der Waals surface area contributed by atoms with Gasteiger partial charge in [0.25, 0.3) is 5.91 Å². The van der Waals surface area contributed by atoms with E-state index >= 15 is 0 Å². The smallest absolute Gasteiger partial charge is 0.252 e. The summed E-state index contributed by atoms with van der Waals surface area (Å²) in [6.07, 6.45) is 2.07. The first kappa shape index (κ1) is 21.4. The van der Waals surface area contributed by atoms with Gasteiger partial charge in [-0.05, 0) is 49.8 Å². The molecule has 5 nitrogen and oxygen atoms in total. The Morgan fingerprint density at radius 1 is 1.15 bits per heavy atom. The number of nitrogens with one attached hydrogen (secondary N) is 1. The van der Waals surface area contributed by atoms with Crippen LogP contribution in [0, 0.1) is 0 Å². The average molecular weight is 409 g/mol. The maximum absolute atomic E-state index is 12.6. The Hall–Kier alpha value is -1.89. The molecule has 0 fully saturated rings. The average Bonchev–Trinajstić information content (AvgIpc) is 2.61. The molecule has 0 bridgehead atoms. The molecular formula is C20H25ClN2O3S. The van der Waals surface area contributed by atoms with Gasteiger partial charge in [-0.2, -0.15) is 0 Å². The quantitative estimate of drug-likeness (QED) is 0.763. The molecule has 0 saturated heterocycles. The number of carbonyl (C=O) groups is 1. The van der Waals surface area contributed by atoms with Gasteiger partial charge < -0.3 is 10.2 Å². The van der Waals surface area contributed by atoms with E-state index in [2.05, 4.69) is 36.5 Å². The summed E-state index contributed by atoms with van der Waals surface area (Å²) < 4.78 is 23.5. The van der Waals surface area contributed by atoms with Crippen molar-refractivity contribution >= 4 is 27.3 Å². The fraction of sp³-hybridized carbons (Fsp3) is 0.350. The van der Waals surface area contributed by atoms with E-state index in [9.17, 15) is 13.2 Å². The van der Waals surface area contributed by atoms with E-state index in [-0.39, 0.29) is 21.5 Å². The maximum atomic E-state index is 12.6. The van der Waals surface area contributed by atoms with Crippen LogP contribution >= 0.6 is 11.6 Å².